The summed E-state index contributed by atoms with van der Waals surface area (Å²) in [6, 6.07) is 13.5. The highest BCUT2D eigenvalue weighted by Gasteiger charge is 2.32. The van der Waals surface area contributed by atoms with E-state index in [1.54, 1.807) is 48.5 Å². The van der Waals surface area contributed by atoms with E-state index in [-0.39, 0.29) is 23.8 Å². The number of carbonyl (C=O) groups is 2. The predicted octanol–water partition coefficient (Wildman–Crippen LogP) is 1.63. The maximum Gasteiger partial charge on any atom is 0.339 e. The number of amides is 1. The fourth-order valence-corrected chi connectivity index (χ4v) is 4.94. The highest BCUT2D eigenvalue weighted by molar-refractivity contribution is 7.89. The highest BCUT2D eigenvalue weighted by Crippen LogP contribution is 2.32. The molecule has 1 N–H and O–H groups in total. The van der Waals surface area contributed by atoms with Crippen molar-refractivity contribution in [3.63, 3.8) is 0 Å². The molecule has 2 aliphatic heterocycles. The number of nitrogens with zero attached hydrogens (tertiary/aromatic N) is 1. The van der Waals surface area contributed by atoms with Gasteiger partial charge < -0.3 is 14.8 Å². The van der Waals surface area contributed by atoms with E-state index >= 15 is 0 Å². The number of benzene rings is 2. The molecule has 9 heteroatoms. The Balaban J connectivity index is 1.33. The molecule has 1 fully saturated rings. The number of cyclic esters (lactones) is 1. The van der Waals surface area contributed by atoms with Crippen LogP contribution in [-0.4, -0.2) is 50.9 Å². The highest BCUT2D eigenvalue weighted by atomic mass is 32.2. The van der Waals surface area contributed by atoms with Crippen LogP contribution >= 0.6 is 0 Å². The summed E-state index contributed by atoms with van der Waals surface area (Å²) >= 11 is 0. The number of sulfonamides is 1. The van der Waals surface area contributed by atoms with Crippen LogP contribution in [0.3, 0.4) is 0 Å². The Hall–Kier alpha value is -2.75. The quantitative estimate of drug-likeness (QED) is 0.699. The van der Waals surface area contributed by atoms with Crippen LogP contribution in [0.25, 0.3) is 0 Å². The molecule has 8 nitrogen and oxygen atoms in total. The topological polar surface area (TPSA) is 102 Å². The van der Waals surface area contributed by atoms with Crippen molar-refractivity contribution in [2.24, 2.45) is 0 Å². The normalized spacial score (nSPS) is 19.2. The number of ether oxygens (including phenoxy) is 2. The van der Waals surface area contributed by atoms with Gasteiger partial charge in [-0.2, -0.15) is 4.31 Å². The van der Waals surface area contributed by atoms with Crippen molar-refractivity contribution >= 4 is 21.9 Å². The van der Waals surface area contributed by atoms with Gasteiger partial charge in [0.05, 0.1) is 30.1 Å². The average molecular weight is 430 g/mol. The second-order valence-corrected chi connectivity index (χ2v) is 9.06. The molecule has 0 unspecified atom stereocenters. The molecule has 2 aromatic rings. The van der Waals surface area contributed by atoms with Gasteiger partial charge in [0, 0.05) is 25.2 Å². The zero-order valence-corrected chi connectivity index (χ0v) is 17.1. The van der Waals surface area contributed by atoms with E-state index in [0.29, 0.717) is 31.9 Å². The van der Waals surface area contributed by atoms with Gasteiger partial charge in [0.25, 0.3) is 0 Å². The van der Waals surface area contributed by atoms with Crippen molar-refractivity contribution in [1.29, 1.82) is 0 Å². The van der Waals surface area contributed by atoms with E-state index in [1.165, 1.54) is 4.31 Å². The minimum Gasteiger partial charge on any atom is -0.453 e. The lowest BCUT2D eigenvalue weighted by atomic mass is 10.0. The van der Waals surface area contributed by atoms with Gasteiger partial charge in [-0.3, -0.25) is 4.79 Å². The number of morpholine rings is 1. The van der Waals surface area contributed by atoms with Gasteiger partial charge in [0.1, 0.15) is 6.10 Å². The molecule has 2 heterocycles. The molecule has 1 amide bonds. The van der Waals surface area contributed by atoms with Gasteiger partial charge in [-0.25, -0.2) is 13.2 Å². The molecule has 0 aromatic heterocycles. The van der Waals surface area contributed by atoms with Gasteiger partial charge in [0.15, 0.2) is 0 Å². The summed E-state index contributed by atoms with van der Waals surface area (Å²) in [5.74, 6) is -0.671. The van der Waals surface area contributed by atoms with Crippen LogP contribution in [0, 0.1) is 0 Å². The standard InChI is InChI=1S/C21H22N2O6S/c24-20(13-19-17-3-1-2-4-18(17)21(25)29-19)22-14-15-5-7-16(8-6-15)30(26,27)23-9-11-28-12-10-23/h1-8,19H,9-14H2,(H,22,24)/t19-/m1/s1. The Morgan fingerprint density at radius 3 is 2.50 bits per heavy atom. The summed E-state index contributed by atoms with van der Waals surface area (Å²) in [4.78, 5) is 24.4. The molecular formula is C21H22N2O6S. The minimum absolute atomic E-state index is 0.0340. The first-order valence-electron chi connectivity index (χ1n) is 9.68. The smallest absolute Gasteiger partial charge is 0.339 e. The third-order valence-corrected chi connectivity index (χ3v) is 7.08. The fraction of sp³-hybridized carbons (Fsp3) is 0.333. The number of rotatable bonds is 6. The lowest BCUT2D eigenvalue weighted by molar-refractivity contribution is -0.123. The molecule has 2 aromatic carbocycles. The lowest BCUT2D eigenvalue weighted by Crippen LogP contribution is -2.40. The van der Waals surface area contributed by atoms with Gasteiger partial charge in [-0.05, 0) is 23.8 Å². The molecule has 4 rings (SSSR count). The Bertz CT molecular complexity index is 1050. The second-order valence-electron chi connectivity index (χ2n) is 7.12. The molecule has 0 saturated carbocycles. The fourth-order valence-electron chi connectivity index (χ4n) is 3.53. The average Bonchev–Trinajstić information content (AvgIpc) is 3.09. The molecular weight excluding hydrogens is 408 g/mol. The van der Waals surface area contributed by atoms with Gasteiger partial charge in [0.2, 0.25) is 15.9 Å². The summed E-state index contributed by atoms with van der Waals surface area (Å²) in [6.45, 7) is 1.72. The Morgan fingerprint density at radius 1 is 1.07 bits per heavy atom. The van der Waals surface area contributed by atoms with E-state index in [9.17, 15) is 18.0 Å². The van der Waals surface area contributed by atoms with Crippen LogP contribution < -0.4 is 5.32 Å². The van der Waals surface area contributed by atoms with Gasteiger partial charge in [-0.1, -0.05) is 30.3 Å². The number of carbonyl (C=O) groups excluding carboxylic acids is 2. The second kappa shape index (κ2) is 8.55. The van der Waals surface area contributed by atoms with Crippen molar-refractivity contribution in [2.45, 2.75) is 24.0 Å². The van der Waals surface area contributed by atoms with Crippen molar-refractivity contribution in [1.82, 2.24) is 9.62 Å². The lowest BCUT2D eigenvalue weighted by Gasteiger charge is -2.26. The first kappa shape index (κ1) is 20.5. The molecule has 1 saturated heterocycles. The van der Waals surface area contributed by atoms with Crippen LogP contribution in [0.15, 0.2) is 53.4 Å². The van der Waals surface area contributed by atoms with E-state index < -0.39 is 22.1 Å². The first-order chi connectivity index (χ1) is 14.4. The number of hydrogen-bond donors (Lipinski definition) is 1. The molecule has 0 spiro atoms. The zero-order chi connectivity index (χ0) is 21.1. The van der Waals surface area contributed by atoms with Crippen LogP contribution in [-0.2, 0) is 30.8 Å². The predicted molar refractivity (Wildman–Crippen MR) is 107 cm³/mol. The van der Waals surface area contributed by atoms with E-state index in [4.69, 9.17) is 9.47 Å². The van der Waals surface area contributed by atoms with Crippen LogP contribution in [0.5, 0.6) is 0 Å². The summed E-state index contributed by atoms with van der Waals surface area (Å²) in [5, 5.41) is 2.79. The third kappa shape index (κ3) is 4.23. The molecule has 0 radical (unpaired) electrons. The maximum absolute atomic E-state index is 12.6. The molecule has 1 atom stereocenters. The third-order valence-electron chi connectivity index (χ3n) is 5.17. The van der Waals surface area contributed by atoms with Gasteiger partial charge in [-0.15, -0.1) is 0 Å². The first-order valence-corrected chi connectivity index (χ1v) is 11.1. The molecule has 0 bridgehead atoms. The van der Waals surface area contributed by atoms with Gasteiger partial charge >= 0.3 is 5.97 Å². The maximum atomic E-state index is 12.6. The van der Waals surface area contributed by atoms with Crippen LogP contribution in [0.1, 0.15) is 34.0 Å². The summed E-state index contributed by atoms with van der Waals surface area (Å²) in [7, 11) is -3.54. The van der Waals surface area contributed by atoms with E-state index in [0.717, 1.165) is 11.1 Å². The summed E-state index contributed by atoms with van der Waals surface area (Å²) < 4.78 is 37.2. The number of hydrogen-bond acceptors (Lipinski definition) is 6. The number of nitrogens with one attached hydrogen (secondary N) is 1. The molecule has 2 aliphatic rings. The van der Waals surface area contributed by atoms with Crippen molar-refractivity contribution in [3.8, 4) is 0 Å². The monoisotopic (exact) mass is 430 g/mol. The largest absolute Gasteiger partial charge is 0.453 e. The minimum atomic E-state index is -3.54. The number of esters is 1. The SMILES string of the molecule is O=C(C[C@H]1OC(=O)c2ccccc21)NCc1ccc(S(=O)(=O)N2CCOCC2)cc1. The van der Waals surface area contributed by atoms with Crippen LogP contribution in [0.4, 0.5) is 0 Å². The van der Waals surface area contributed by atoms with E-state index in [2.05, 4.69) is 5.32 Å². The van der Waals surface area contributed by atoms with Crippen molar-refractivity contribution < 1.29 is 27.5 Å². The van der Waals surface area contributed by atoms with Crippen molar-refractivity contribution in [3.05, 3.63) is 65.2 Å². The Kier molecular flexibility index (Phi) is 5.85. The molecule has 30 heavy (non-hydrogen) atoms. The zero-order valence-electron chi connectivity index (χ0n) is 16.2. The summed E-state index contributed by atoms with van der Waals surface area (Å²) in [6.07, 6.45) is -0.554. The number of fused-ring (bicyclic) bond motifs is 1. The van der Waals surface area contributed by atoms with Crippen molar-refractivity contribution in [2.75, 3.05) is 26.3 Å². The molecule has 158 valence electrons. The Morgan fingerprint density at radius 2 is 1.77 bits per heavy atom. The summed E-state index contributed by atoms with van der Waals surface area (Å²) in [5.41, 5.74) is 1.98. The Labute approximate surface area is 174 Å². The van der Waals surface area contributed by atoms with Crippen LogP contribution in [0.2, 0.25) is 0 Å². The van der Waals surface area contributed by atoms with E-state index in [1.807, 2.05) is 0 Å². The molecule has 0 aliphatic carbocycles.